The fourth-order valence-electron chi connectivity index (χ4n) is 1.97. The highest BCUT2D eigenvalue weighted by molar-refractivity contribution is 5.83. The summed E-state index contributed by atoms with van der Waals surface area (Å²) in [4.78, 5) is 0. The van der Waals surface area contributed by atoms with Crippen LogP contribution in [0, 0.1) is 0 Å². The van der Waals surface area contributed by atoms with E-state index >= 15 is 0 Å². The number of alkyl halides is 3. The molecule has 7 nitrogen and oxygen atoms in total. The van der Waals surface area contributed by atoms with E-state index in [2.05, 4.69) is 25.8 Å². The number of benzene rings is 1. The zero-order valence-corrected chi connectivity index (χ0v) is 12.3. The maximum atomic E-state index is 12.8. The normalized spacial score (nSPS) is 12.0. The second-order valence-corrected chi connectivity index (χ2v) is 4.62. The fraction of sp³-hybridized carbons (Fsp3) is 0.143. The predicted molar refractivity (Wildman–Crippen MR) is 80.0 cm³/mol. The van der Waals surface area contributed by atoms with Crippen LogP contribution in [0.15, 0.2) is 41.5 Å². The number of aromatic nitrogens is 4. The van der Waals surface area contributed by atoms with E-state index in [9.17, 15) is 13.2 Å². The minimum Gasteiger partial charge on any atom is -0.496 e. The zero-order chi connectivity index (χ0) is 17.2. The van der Waals surface area contributed by atoms with Gasteiger partial charge in [-0.1, -0.05) is 12.1 Å². The molecule has 0 amide bonds. The highest BCUT2D eigenvalue weighted by Crippen LogP contribution is 2.27. The molecule has 3 rings (SSSR count). The molecule has 1 N–H and O–H groups in total. The van der Waals surface area contributed by atoms with Gasteiger partial charge in [-0.3, -0.25) is 5.43 Å². The molecule has 0 aliphatic carbocycles. The summed E-state index contributed by atoms with van der Waals surface area (Å²) in [6, 6.07) is 9.96. The van der Waals surface area contributed by atoms with Crippen LogP contribution >= 0.6 is 0 Å². The standard InChI is InChI=1S/C14H11F3N6O/c1-24-10-5-3-2-4-9(10)8-18-19-11-6-7-12-20-21-13(14(15,16)17)23(12)22-11/h2-8H,1H3,(H,19,22)/b18-8+. The maximum absolute atomic E-state index is 12.8. The van der Waals surface area contributed by atoms with Crippen molar-refractivity contribution in [2.75, 3.05) is 12.5 Å². The smallest absolute Gasteiger partial charge is 0.453 e. The number of methoxy groups -OCH3 is 1. The molecule has 124 valence electrons. The first-order valence-corrected chi connectivity index (χ1v) is 6.71. The molecule has 0 unspecified atom stereocenters. The van der Waals surface area contributed by atoms with Crippen LogP contribution < -0.4 is 10.2 Å². The van der Waals surface area contributed by atoms with E-state index in [1.807, 2.05) is 6.07 Å². The van der Waals surface area contributed by atoms with Gasteiger partial charge in [0.25, 0.3) is 5.82 Å². The monoisotopic (exact) mass is 336 g/mol. The van der Waals surface area contributed by atoms with Gasteiger partial charge in [-0.15, -0.1) is 15.3 Å². The number of fused-ring (bicyclic) bond motifs is 1. The van der Waals surface area contributed by atoms with Gasteiger partial charge in [0.1, 0.15) is 5.75 Å². The molecule has 2 heterocycles. The summed E-state index contributed by atoms with van der Waals surface area (Å²) in [6.07, 6.45) is -3.17. The molecule has 0 aliphatic rings. The SMILES string of the molecule is COc1ccccc1/C=N/Nc1ccc2nnc(C(F)(F)F)n2n1. The number of hydrogen-bond acceptors (Lipinski definition) is 6. The van der Waals surface area contributed by atoms with Crippen LogP contribution in [0.3, 0.4) is 0 Å². The lowest BCUT2D eigenvalue weighted by molar-refractivity contribution is -0.146. The number of para-hydroxylation sites is 1. The van der Waals surface area contributed by atoms with E-state index in [1.54, 1.807) is 18.2 Å². The zero-order valence-electron chi connectivity index (χ0n) is 12.3. The van der Waals surface area contributed by atoms with Gasteiger partial charge in [0.15, 0.2) is 11.5 Å². The topological polar surface area (TPSA) is 76.7 Å². The van der Waals surface area contributed by atoms with E-state index < -0.39 is 12.0 Å². The number of hydrogen-bond donors (Lipinski definition) is 1. The largest absolute Gasteiger partial charge is 0.496 e. The lowest BCUT2D eigenvalue weighted by atomic mass is 10.2. The Kier molecular flexibility index (Phi) is 4.02. The van der Waals surface area contributed by atoms with Crippen LogP contribution in [0.1, 0.15) is 11.4 Å². The lowest BCUT2D eigenvalue weighted by Gasteiger charge is -2.05. The Balaban J connectivity index is 1.84. The summed E-state index contributed by atoms with van der Waals surface area (Å²) in [5.41, 5.74) is 3.25. The first kappa shape index (κ1) is 15.7. The Labute approximate surface area is 133 Å². The van der Waals surface area contributed by atoms with Gasteiger partial charge >= 0.3 is 6.18 Å². The molecule has 3 aromatic rings. The van der Waals surface area contributed by atoms with Crippen LogP contribution in [0.2, 0.25) is 0 Å². The molecule has 0 bridgehead atoms. The molecular formula is C14H11F3N6O. The quantitative estimate of drug-likeness (QED) is 0.585. The van der Waals surface area contributed by atoms with Crippen LogP contribution in [0.4, 0.5) is 19.0 Å². The van der Waals surface area contributed by atoms with Crippen LogP contribution in [-0.2, 0) is 6.18 Å². The Morgan fingerprint density at radius 2 is 1.96 bits per heavy atom. The van der Waals surface area contributed by atoms with Crippen molar-refractivity contribution in [3.63, 3.8) is 0 Å². The molecule has 0 saturated heterocycles. The molecule has 2 aromatic heterocycles. The van der Waals surface area contributed by atoms with Gasteiger partial charge in [-0.05, 0) is 24.3 Å². The number of nitrogens with zero attached hydrogens (tertiary/aromatic N) is 5. The highest BCUT2D eigenvalue weighted by atomic mass is 19.4. The van der Waals surface area contributed by atoms with Gasteiger partial charge in [0.05, 0.1) is 13.3 Å². The minimum atomic E-state index is -4.65. The van der Waals surface area contributed by atoms with Gasteiger partial charge in [0, 0.05) is 5.56 Å². The molecule has 0 saturated carbocycles. The van der Waals surface area contributed by atoms with Crippen molar-refractivity contribution in [1.82, 2.24) is 19.8 Å². The van der Waals surface area contributed by atoms with Crippen molar-refractivity contribution < 1.29 is 17.9 Å². The van der Waals surface area contributed by atoms with Gasteiger partial charge in [-0.2, -0.15) is 22.8 Å². The summed E-state index contributed by atoms with van der Waals surface area (Å²) >= 11 is 0. The fourth-order valence-corrected chi connectivity index (χ4v) is 1.97. The summed E-state index contributed by atoms with van der Waals surface area (Å²) in [6.45, 7) is 0. The number of rotatable bonds is 4. The maximum Gasteiger partial charge on any atom is 0.453 e. The Morgan fingerprint density at radius 1 is 1.17 bits per heavy atom. The van der Waals surface area contributed by atoms with Crippen molar-refractivity contribution in [1.29, 1.82) is 0 Å². The predicted octanol–water partition coefficient (Wildman–Crippen LogP) is 2.60. The lowest BCUT2D eigenvalue weighted by Crippen LogP contribution is -2.13. The van der Waals surface area contributed by atoms with Crippen molar-refractivity contribution in [3.8, 4) is 5.75 Å². The number of anilines is 1. The van der Waals surface area contributed by atoms with Gasteiger partial charge < -0.3 is 4.74 Å². The third-order valence-electron chi connectivity index (χ3n) is 3.04. The molecule has 0 atom stereocenters. The van der Waals surface area contributed by atoms with Gasteiger partial charge in [0.2, 0.25) is 0 Å². The van der Waals surface area contributed by atoms with E-state index in [0.717, 1.165) is 0 Å². The Morgan fingerprint density at radius 3 is 2.71 bits per heavy atom. The Bertz CT molecular complexity index is 890. The molecule has 24 heavy (non-hydrogen) atoms. The minimum absolute atomic E-state index is 0.0124. The second kappa shape index (κ2) is 6.14. The number of halogens is 3. The molecule has 0 radical (unpaired) electrons. The van der Waals surface area contributed by atoms with Crippen molar-refractivity contribution in [2.24, 2.45) is 5.10 Å². The van der Waals surface area contributed by atoms with Crippen LogP contribution in [0.5, 0.6) is 5.75 Å². The Hall–Kier alpha value is -3.17. The molecule has 10 heteroatoms. The number of ether oxygens (including phenoxy) is 1. The molecule has 1 aromatic carbocycles. The first-order valence-electron chi connectivity index (χ1n) is 6.71. The average Bonchev–Trinajstić information content (AvgIpc) is 2.98. The third kappa shape index (κ3) is 3.12. The second-order valence-electron chi connectivity index (χ2n) is 4.62. The summed E-state index contributed by atoms with van der Waals surface area (Å²) in [5.74, 6) is -0.474. The summed E-state index contributed by atoms with van der Waals surface area (Å²) < 4.78 is 44.2. The van der Waals surface area contributed by atoms with Crippen molar-refractivity contribution >= 4 is 17.7 Å². The molecule has 0 aliphatic heterocycles. The van der Waals surface area contributed by atoms with Crippen LogP contribution in [-0.4, -0.2) is 33.1 Å². The highest BCUT2D eigenvalue weighted by Gasteiger charge is 2.37. The summed E-state index contributed by atoms with van der Waals surface area (Å²) in [7, 11) is 1.53. The van der Waals surface area contributed by atoms with Crippen LogP contribution in [0.25, 0.3) is 5.65 Å². The van der Waals surface area contributed by atoms with E-state index in [4.69, 9.17) is 4.74 Å². The van der Waals surface area contributed by atoms with E-state index in [0.29, 0.717) is 15.8 Å². The molecular weight excluding hydrogens is 325 g/mol. The number of hydrazone groups is 1. The summed E-state index contributed by atoms with van der Waals surface area (Å²) in [5, 5.41) is 14.3. The van der Waals surface area contributed by atoms with E-state index in [1.165, 1.54) is 25.5 Å². The molecule has 0 fully saturated rings. The third-order valence-corrected chi connectivity index (χ3v) is 3.04. The first-order chi connectivity index (χ1) is 11.5. The van der Waals surface area contributed by atoms with Crippen molar-refractivity contribution in [3.05, 3.63) is 47.8 Å². The van der Waals surface area contributed by atoms with Gasteiger partial charge in [-0.25, -0.2) is 0 Å². The van der Waals surface area contributed by atoms with Crippen molar-refractivity contribution in [2.45, 2.75) is 6.18 Å². The number of nitrogens with one attached hydrogen (secondary N) is 1. The average molecular weight is 336 g/mol. The van der Waals surface area contributed by atoms with E-state index in [-0.39, 0.29) is 11.5 Å². The molecule has 0 spiro atoms.